The van der Waals surface area contributed by atoms with E-state index in [0.717, 1.165) is 17.9 Å². The van der Waals surface area contributed by atoms with Crippen LogP contribution in [0, 0.1) is 23.7 Å². The molecule has 6 nitrogen and oxygen atoms in total. The number of rotatable bonds is 5. The molecule has 1 N–H and O–H groups in total. The Kier molecular flexibility index (Phi) is 5.58. The highest BCUT2D eigenvalue weighted by Gasteiger charge is 2.63. The van der Waals surface area contributed by atoms with Crippen LogP contribution in [0.1, 0.15) is 40.0 Å². The molecular weight excluding hydrogens is 427 g/mol. The molecule has 1 aromatic carbocycles. The van der Waals surface area contributed by atoms with Gasteiger partial charge in [-0.2, -0.15) is 5.01 Å². The predicted octanol–water partition coefficient (Wildman–Crippen LogP) is 4.16. The summed E-state index contributed by atoms with van der Waals surface area (Å²) >= 11 is 12.1. The lowest BCUT2D eigenvalue weighted by atomic mass is 9.81. The Morgan fingerprint density at radius 2 is 1.77 bits per heavy atom. The van der Waals surface area contributed by atoms with Crippen LogP contribution in [0.3, 0.4) is 0 Å². The van der Waals surface area contributed by atoms with Crippen molar-refractivity contribution in [1.29, 1.82) is 0 Å². The Labute approximate surface area is 185 Å². The number of imide groups is 1. The summed E-state index contributed by atoms with van der Waals surface area (Å²) in [6.07, 6.45) is 1.24. The summed E-state index contributed by atoms with van der Waals surface area (Å²) in [5.41, 5.74) is 4.97. The van der Waals surface area contributed by atoms with Crippen LogP contribution < -0.4 is 10.2 Å². The Morgan fingerprint density at radius 3 is 2.30 bits per heavy atom. The first-order valence-electron chi connectivity index (χ1n) is 10.2. The van der Waals surface area contributed by atoms with Gasteiger partial charge in [-0.3, -0.25) is 19.8 Å². The van der Waals surface area contributed by atoms with Crippen LogP contribution >= 0.6 is 23.2 Å². The number of carbonyl (C=O) groups excluding carboxylic acids is 3. The second kappa shape index (κ2) is 7.89. The number of nitrogens with one attached hydrogen (secondary N) is 1. The molecule has 0 spiro atoms. The van der Waals surface area contributed by atoms with Crippen LogP contribution in [0.15, 0.2) is 29.3 Å². The van der Waals surface area contributed by atoms with Gasteiger partial charge >= 0.3 is 0 Å². The molecule has 2 bridgehead atoms. The molecule has 0 radical (unpaired) electrons. The van der Waals surface area contributed by atoms with Crippen LogP contribution in [0.2, 0.25) is 10.0 Å². The van der Waals surface area contributed by atoms with Gasteiger partial charge in [-0.05, 0) is 57.1 Å². The maximum Gasteiger partial charge on any atom is 0.279 e. The first-order valence-corrected chi connectivity index (χ1v) is 11.0. The van der Waals surface area contributed by atoms with Gasteiger partial charge < -0.3 is 4.74 Å². The number of fused-ring (bicyclic) bond motifs is 5. The minimum Gasteiger partial charge on any atom is -0.479 e. The van der Waals surface area contributed by atoms with Crippen molar-refractivity contribution in [2.45, 2.75) is 46.1 Å². The van der Waals surface area contributed by atoms with Gasteiger partial charge in [0, 0.05) is 11.1 Å². The molecule has 2 aliphatic carbocycles. The molecule has 4 rings (SSSR count). The lowest BCUT2D eigenvalue weighted by Crippen LogP contribution is -2.51. The number of benzene rings is 1. The highest BCUT2D eigenvalue weighted by Crippen LogP contribution is 2.59. The maximum absolute atomic E-state index is 13.0. The van der Waals surface area contributed by atoms with E-state index in [9.17, 15) is 14.4 Å². The van der Waals surface area contributed by atoms with Crippen LogP contribution in [-0.2, 0) is 14.4 Å². The summed E-state index contributed by atoms with van der Waals surface area (Å²) in [5, 5.41) is 1.66. The largest absolute Gasteiger partial charge is 0.479 e. The molecular formula is C22H24Cl2N2O4. The quantitative estimate of drug-likeness (QED) is 0.539. The number of amides is 3. The van der Waals surface area contributed by atoms with E-state index in [-0.39, 0.29) is 41.2 Å². The fourth-order valence-corrected chi connectivity index (χ4v) is 5.65. The fraction of sp³-hybridized carbons (Fsp3) is 0.500. The monoisotopic (exact) mass is 450 g/mol. The predicted molar refractivity (Wildman–Crippen MR) is 113 cm³/mol. The normalized spacial score (nSPS) is 28.0. The smallest absolute Gasteiger partial charge is 0.279 e. The van der Waals surface area contributed by atoms with E-state index in [1.807, 2.05) is 13.8 Å². The number of hydrogen-bond acceptors (Lipinski definition) is 4. The summed E-state index contributed by atoms with van der Waals surface area (Å²) < 4.78 is 5.73. The Morgan fingerprint density at radius 1 is 1.17 bits per heavy atom. The SMILES string of the molecule is CC[C@H](Oc1cc(Cl)ccc1Cl)C(=O)NN1C(=O)[C@H]2[C@H](C1=O)[C@H]1CC[C@H]2C1=C(C)C. The minimum atomic E-state index is -0.924. The zero-order chi connectivity index (χ0) is 21.7. The highest BCUT2D eigenvalue weighted by atomic mass is 35.5. The second-order valence-corrected chi connectivity index (χ2v) is 9.22. The molecule has 1 aromatic rings. The standard InChI is InChI=1S/C22H24Cl2N2O4/c1-4-15(30-16-9-11(23)5-8-14(16)24)20(27)25-26-21(28)18-12-6-7-13(17(12)10(2)3)19(18)22(26)29/h5,8-9,12-13,15,18-19H,4,6-7H2,1-3H3,(H,25,27)/t12-,13-,15-,18+,19+/m0/s1. The van der Waals surface area contributed by atoms with Crippen molar-refractivity contribution < 1.29 is 19.1 Å². The van der Waals surface area contributed by atoms with Gasteiger partial charge in [0.25, 0.3) is 17.7 Å². The fourth-order valence-electron chi connectivity index (χ4n) is 5.33. The number of halogens is 2. The van der Waals surface area contributed by atoms with Gasteiger partial charge in [-0.15, -0.1) is 0 Å². The van der Waals surface area contributed by atoms with E-state index in [1.54, 1.807) is 19.1 Å². The van der Waals surface area contributed by atoms with Crippen LogP contribution in [0.4, 0.5) is 0 Å². The first kappa shape index (κ1) is 21.2. The van der Waals surface area contributed by atoms with Crippen molar-refractivity contribution in [2.75, 3.05) is 0 Å². The topological polar surface area (TPSA) is 75.7 Å². The molecule has 160 valence electrons. The number of hydrazine groups is 1. The van der Waals surface area contributed by atoms with E-state index in [1.165, 1.54) is 17.2 Å². The van der Waals surface area contributed by atoms with Crippen molar-refractivity contribution in [3.05, 3.63) is 39.4 Å². The zero-order valence-electron chi connectivity index (χ0n) is 17.1. The molecule has 1 aliphatic heterocycles. The second-order valence-electron chi connectivity index (χ2n) is 8.37. The molecule has 3 aliphatic rings. The van der Waals surface area contributed by atoms with Crippen molar-refractivity contribution >= 4 is 40.9 Å². The lowest BCUT2D eigenvalue weighted by molar-refractivity contribution is -0.151. The van der Waals surface area contributed by atoms with E-state index in [2.05, 4.69) is 5.43 Å². The van der Waals surface area contributed by atoms with E-state index >= 15 is 0 Å². The number of nitrogens with zero attached hydrogens (tertiary/aromatic N) is 1. The zero-order valence-corrected chi connectivity index (χ0v) is 18.6. The van der Waals surface area contributed by atoms with Gasteiger partial charge in [-0.1, -0.05) is 41.3 Å². The Balaban J connectivity index is 1.50. The van der Waals surface area contributed by atoms with Crippen LogP contribution in [0.25, 0.3) is 0 Å². The Bertz CT molecular complexity index is 924. The van der Waals surface area contributed by atoms with Gasteiger partial charge in [0.15, 0.2) is 6.10 Å². The molecule has 5 atom stereocenters. The molecule has 8 heteroatoms. The van der Waals surface area contributed by atoms with Crippen LogP contribution in [0.5, 0.6) is 5.75 Å². The molecule has 1 saturated heterocycles. The van der Waals surface area contributed by atoms with Gasteiger partial charge in [-0.25, -0.2) is 0 Å². The van der Waals surface area contributed by atoms with E-state index < -0.39 is 12.0 Å². The average molecular weight is 451 g/mol. The van der Waals surface area contributed by atoms with Crippen molar-refractivity contribution in [2.24, 2.45) is 23.7 Å². The Hall–Kier alpha value is -2.05. The molecule has 30 heavy (non-hydrogen) atoms. The third-order valence-corrected chi connectivity index (χ3v) is 7.02. The van der Waals surface area contributed by atoms with Crippen molar-refractivity contribution in [1.82, 2.24) is 10.4 Å². The third-order valence-electron chi connectivity index (χ3n) is 6.48. The molecule has 2 saturated carbocycles. The summed E-state index contributed by atoms with van der Waals surface area (Å²) in [7, 11) is 0. The lowest BCUT2D eigenvalue weighted by Gasteiger charge is -2.23. The molecule has 3 fully saturated rings. The third kappa shape index (κ3) is 3.30. The maximum atomic E-state index is 13.0. The number of ether oxygens (including phenoxy) is 1. The van der Waals surface area contributed by atoms with Gasteiger partial charge in [0.05, 0.1) is 16.9 Å². The molecule has 0 aromatic heterocycles. The molecule has 0 unspecified atom stereocenters. The highest BCUT2D eigenvalue weighted by molar-refractivity contribution is 6.34. The number of allylic oxidation sites excluding steroid dienone is 2. The van der Waals surface area contributed by atoms with Crippen molar-refractivity contribution in [3.8, 4) is 5.75 Å². The van der Waals surface area contributed by atoms with Gasteiger partial charge in [0.1, 0.15) is 5.75 Å². The van der Waals surface area contributed by atoms with Gasteiger partial charge in [0.2, 0.25) is 0 Å². The summed E-state index contributed by atoms with van der Waals surface area (Å²) in [6.45, 7) is 5.85. The van der Waals surface area contributed by atoms with E-state index in [0.29, 0.717) is 16.5 Å². The minimum absolute atomic E-state index is 0.104. The van der Waals surface area contributed by atoms with Crippen LogP contribution in [-0.4, -0.2) is 28.8 Å². The molecule has 3 amide bonds. The van der Waals surface area contributed by atoms with Crippen molar-refractivity contribution in [3.63, 3.8) is 0 Å². The number of hydrogen-bond donors (Lipinski definition) is 1. The molecule has 1 heterocycles. The summed E-state index contributed by atoms with van der Waals surface area (Å²) in [6, 6.07) is 4.72. The summed E-state index contributed by atoms with van der Waals surface area (Å²) in [4.78, 5) is 38.9. The number of carbonyl (C=O) groups is 3. The average Bonchev–Trinajstić information content (AvgIpc) is 3.34. The first-order chi connectivity index (χ1) is 14.2. The van der Waals surface area contributed by atoms with E-state index in [4.69, 9.17) is 27.9 Å². The summed E-state index contributed by atoms with van der Waals surface area (Å²) in [5.74, 6) is -1.47.